The number of likely N-dealkylation sites (N-methyl/N-ethyl adjacent to an activating group) is 1. The van der Waals surface area contributed by atoms with Gasteiger partial charge in [0.15, 0.2) is 5.96 Å². The van der Waals surface area contributed by atoms with Crippen LogP contribution in [0.25, 0.3) is 0 Å². The van der Waals surface area contributed by atoms with Gasteiger partial charge >= 0.3 is 0 Å². The first kappa shape index (κ1) is 18.7. The molecule has 0 saturated heterocycles. The van der Waals surface area contributed by atoms with Crippen LogP contribution in [0.3, 0.4) is 0 Å². The Hall–Kier alpha value is -1.30. The first-order valence-electron chi connectivity index (χ1n) is 8.24. The molecule has 0 unspecified atom stereocenters. The molecule has 0 aromatic heterocycles. The van der Waals surface area contributed by atoms with Crippen molar-refractivity contribution in [3.8, 4) is 0 Å². The second-order valence-corrected chi connectivity index (χ2v) is 6.33. The molecule has 1 aliphatic rings. The number of guanidine groups is 1. The fraction of sp³-hybridized carbons (Fsp3) is 0.875. The lowest BCUT2D eigenvalue weighted by Gasteiger charge is -2.42. The van der Waals surface area contributed by atoms with E-state index < -0.39 is 0 Å². The van der Waals surface area contributed by atoms with Crippen LogP contribution in [0.15, 0.2) is 4.99 Å². The maximum absolute atomic E-state index is 11.7. The topological polar surface area (TPSA) is 66.0 Å². The fourth-order valence-corrected chi connectivity index (χ4v) is 2.49. The Balaban J connectivity index is 2.52. The first-order chi connectivity index (χ1) is 10.5. The minimum atomic E-state index is 0.00957. The third kappa shape index (κ3) is 6.22. The minimum Gasteiger partial charge on any atom is -0.385 e. The highest BCUT2D eigenvalue weighted by molar-refractivity contribution is 5.84. The zero-order valence-electron chi connectivity index (χ0n) is 14.6. The number of rotatable bonds is 9. The van der Waals surface area contributed by atoms with Crippen LogP contribution in [-0.2, 0) is 9.53 Å². The van der Waals surface area contributed by atoms with E-state index in [0.717, 1.165) is 38.5 Å². The average molecular weight is 312 g/mol. The Labute approximate surface area is 134 Å². The highest BCUT2D eigenvalue weighted by Gasteiger charge is 2.36. The number of ether oxygens (including phenoxy) is 1. The van der Waals surface area contributed by atoms with Crippen LogP contribution in [0.5, 0.6) is 0 Å². The Bertz CT molecular complexity index is 365. The van der Waals surface area contributed by atoms with Crippen LogP contribution < -0.4 is 10.6 Å². The summed E-state index contributed by atoms with van der Waals surface area (Å²) in [5, 5.41) is 6.69. The van der Waals surface area contributed by atoms with Crippen molar-refractivity contribution in [3.05, 3.63) is 0 Å². The number of carbonyl (C=O) groups excluding carboxylic acids is 1. The summed E-state index contributed by atoms with van der Waals surface area (Å²) in [7, 11) is 5.25. The van der Waals surface area contributed by atoms with Crippen molar-refractivity contribution in [1.29, 1.82) is 0 Å². The molecule has 0 aromatic carbocycles. The van der Waals surface area contributed by atoms with E-state index in [1.807, 2.05) is 0 Å². The predicted molar refractivity (Wildman–Crippen MR) is 90.1 cm³/mol. The lowest BCUT2D eigenvalue weighted by Crippen LogP contribution is -2.47. The summed E-state index contributed by atoms with van der Waals surface area (Å²) in [5.74, 6) is 0.746. The van der Waals surface area contributed by atoms with Gasteiger partial charge in [0.05, 0.1) is 0 Å². The van der Waals surface area contributed by atoms with Gasteiger partial charge in [-0.15, -0.1) is 0 Å². The van der Waals surface area contributed by atoms with Gasteiger partial charge < -0.3 is 20.3 Å². The molecule has 128 valence electrons. The quantitative estimate of drug-likeness (QED) is 0.496. The summed E-state index contributed by atoms with van der Waals surface area (Å²) >= 11 is 0. The van der Waals surface area contributed by atoms with E-state index in [-0.39, 0.29) is 12.5 Å². The molecule has 1 aliphatic carbocycles. The molecule has 22 heavy (non-hydrogen) atoms. The third-order valence-corrected chi connectivity index (χ3v) is 4.30. The van der Waals surface area contributed by atoms with Crippen molar-refractivity contribution >= 4 is 11.9 Å². The monoisotopic (exact) mass is 312 g/mol. The van der Waals surface area contributed by atoms with E-state index in [0.29, 0.717) is 5.41 Å². The molecule has 1 amide bonds. The molecule has 0 spiro atoms. The molecule has 0 bridgehead atoms. The lowest BCUT2D eigenvalue weighted by atomic mass is 9.67. The second-order valence-electron chi connectivity index (χ2n) is 6.33. The third-order valence-electron chi connectivity index (χ3n) is 4.30. The van der Waals surface area contributed by atoms with Gasteiger partial charge in [-0.1, -0.05) is 13.3 Å². The fourth-order valence-electron chi connectivity index (χ4n) is 2.49. The molecule has 6 nitrogen and oxygen atoms in total. The van der Waals surface area contributed by atoms with Crippen LogP contribution in [0.2, 0.25) is 0 Å². The van der Waals surface area contributed by atoms with Crippen molar-refractivity contribution in [2.24, 2.45) is 10.4 Å². The largest absolute Gasteiger partial charge is 0.385 e. The highest BCUT2D eigenvalue weighted by Crippen LogP contribution is 2.43. The van der Waals surface area contributed by atoms with E-state index in [1.54, 1.807) is 26.1 Å². The number of nitrogens with one attached hydrogen (secondary N) is 2. The summed E-state index contributed by atoms with van der Waals surface area (Å²) in [5.41, 5.74) is 0.330. The molecule has 0 heterocycles. The van der Waals surface area contributed by atoms with Crippen molar-refractivity contribution in [2.45, 2.75) is 39.0 Å². The van der Waals surface area contributed by atoms with Gasteiger partial charge in [-0.3, -0.25) is 4.79 Å². The Morgan fingerprint density at radius 3 is 2.55 bits per heavy atom. The lowest BCUT2D eigenvalue weighted by molar-refractivity contribution is -0.127. The van der Waals surface area contributed by atoms with E-state index in [2.05, 4.69) is 22.5 Å². The highest BCUT2D eigenvalue weighted by atomic mass is 16.5. The van der Waals surface area contributed by atoms with Crippen LogP contribution in [0.1, 0.15) is 39.0 Å². The zero-order valence-corrected chi connectivity index (χ0v) is 14.6. The van der Waals surface area contributed by atoms with Gasteiger partial charge in [0.1, 0.15) is 6.54 Å². The van der Waals surface area contributed by atoms with Crippen molar-refractivity contribution in [3.63, 3.8) is 0 Å². The standard InChI is InChI=1S/C16H32N4O2/c1-5-10-17-15(18-12-14(21)20(2)3)19-13-16(7-6-8-16)9-11-22-4/h5-13H2,1-4H3,(H2,17,18,19). The van der Waals surface area contributed by atoms with Crippen molar-refractivity contribution in [2.75, 3.05) is 47.4 Å². The Kier molecular flexibility index (Phi) is 8.24. The van der Waals surface area contributed by atoms with Gasteiger partial charge in [0.2, 0.25) is 5.91 Å². The van der Waals surface area contributed by atoms with E-state index in [1.165, 1.54) is 19.3 Å². The molecule has 0 radical (unpaired) electrons. The number of carbonyl (C=O) groups is 1. The number of amides is 1. The number of hydrogen-bond acceptors (Lipinski definition) is 3. The first-order valence-corrected chi connectivity index (χ1v) is 8.24. The second kappa shape index (κ2) is 9.66. The molecular formula is C16H32N4O2. The molecule has 0 aliphatic heterocycles. The van der Waals surface area contributed by atoms with E-state index >= 15 is 0 Å². The van der Waals surface area contributed by atoms with Gasteiger partial charge in [0.25, 0.3) is 0 Å². The van der Waals surface area contributed by atoms with Gasteiger partial charge in [-0.25, -0.2) is 4.99 Å². The Morgan fingerprint density at radius 1 is 1.32 bits per heavy atom. The van der Waals surface area contributed by atoms with Crippen molar-refractivity contribution < 1.29 is 9.53 Å². The molecule has 6 heteroatoms. The number of methoxy groups -OCH3 is 1. The molecule has 1 fully saturated rings. The predicted octanol–water partition coefficient (Wildman–Crippen LogP) is 1.23. The molecule has 0 aromatic rings. The van der Waals surface area contributed by atoms with Gasteiger partial charge in [0, 0.05) is 40.9 Å². The maximum Gasteiger partial charge on any atom is 0.243 e. The summed E-state index contributed by atoms with van der Waals surface area (Å²) < 4.78 is 5.23. The molecule has 2 N–H and O–H groups in total. The zero-order chi connectivity index (χ0) is 16.4. The van der Waals surface area contributed by atoms with Crippen LogP contribution in [0.4, 0.5) is 0 Å². The molecule has 1 rings (SSSR count). The maximum atomic E-state index is 11.7. The van der Waals surface area contributed by atoms with Crippen LogP contribution in [-0.4, -0.2) is 64.2 Å². The van der Waals surface area contributed by atoms with Crippen LogP contribution >= 0.6 is 0 Å². The number of nitrogens with zero attached hydrogens (tertiary/aromatic N) is 2. The van der Waals surface area contributed by atoms with Gasteiger partial charge in [-0.2, -0.15) is 0 Å². The van der Waals surface area contributed by atoms with Crippen molar-refractivity contribution in [1.82, 2.24) is 15.5 Å². The molecule has 0 atom stereocenters. The smallest absolute Gasteiger partial charge is 0.243 e. The number of hydrogen-bond donors (Lipinski definition) is 2. The van der Waals surface area contributed by atoms with E-state index in [9.17, 15) is 4.79 Å². The van der Waals surface area contributed by atoms with Crippen LogP contribution in [0, 0.1) is 5.41 Å². The molecular weight excluding hydrogens is 280 g/mol. The minimum absolute atomic E-state index is 0.00957. The summed E-state index contributed by atoms with van der Waals surface area (Å²) in [4.78, 5) is 17.6. The Morgan fingerprint density at radius 2 is 2.05 bits per heavy atom. The summed E-state index contributed by atoms with van der Waals surface area (Å²) in [6.45, 7) is 4.84. The van der Waals surface area contributed by atoms with Gasteiger partial charge in [-0.05, 0) is 31.1 Å². The average Bonchev–Trinajstić information content (AvgIpc) is 2.47. The van der Waals surface area contributed by atoms with E-state index in [4.69, 9.17) is 4.74 Å². The number of aliphatic imine (C=N–C) groups is 1. The summed E-state index contributed by atoms with van der Waals surface area (Å²) in [6.07, 6.45) is 5.87. The summed E-state index contributed by atoms with van der Waals surface area (Å²) in [6, 6.07) is 0. The normalized spacial score (nSPS) is 16.8. The molecule has 1 saturated carbocycles. The SMILES string of the molecule is CCCNC(=NCC(=O)N(C)C)NCC1(CCOC)CCC1.